The standard InChI is InChI=1S/C19H26N4O2S/c1-15(2)22-10-16-9-17(11-22)13-23(12-16)26(24,25)19-5-3-18(4-6-19)21-8-7-20-14-21/h3-8,14-17H,9-13H2,1-2H3. The summed E-state index contributed by atoms with van der Waals surface area (Å²) in [6.07, 6.45) is 6.40. The van der Waals surface area contributed by atoms with E-state index in [1.54, 1.807) is 29.0 Å². The summed E-state index contributed by atoms with van der Waals surface area (Å²) in [5.41, 5.74) is 0.907. The summed E-state index contributed by atoms with van der Waals surface area (Å²) in [7, 11) is -3.44. The summed E-state index contributed by atoms with van der Waals surface area (Å²) in [6, 6.07) is 7.60. The van der Waals surface area contributed by atoms with Crippen molar-refractivity contribution < 1.29 is 8.42 Å². The van der Waals surface area contributed by atoms with Crippen LogP contribution in [0.3, 0.4) is 0 Å². The molecule has 0 radical (unpaired) electrons. The van der Waals surface area contributed by atoms with E-state index in [0.29, 0.717) is 35.9 Å². The molecule has 0 spiro atoms. The third-order valence-corrected chi connectivity index (χ3v) is 7.43. The highest BCUT2D eigenvalue weighted by Gasteiger charge is 2.39. The Bertz CT molecular complexity index is 832. The van der Waals surface area contributed by atoms with Gasteiger partial charge in [-0.1, -0.05) is 0 Å². The second kappa shape index (κ2) is 6.79. The minimum atomic E-state index is -3.44. The van der Waals surface area contributed by atoms with Gasteiger partial charge in [-0.3, -0.25) is 0 Å². The molecule has 6 nitrogen and oxygen atoms in total. The van der Waals surface area contributed by atoms with Gasteiger partial charge >= 0.3 is 0 Å². The fourth-order valence-corrected chi connectivity index (χ4v) is 5.83. The quantitative estimate of drug-likeness (QED) is 0.823. The molecule has 26 heavy (non-hydrogen) atoms. The highest BCUT2D eigenvalue weighted by Crippen LogP contribution is 2.32. The lowest BCUT2D eigenvalue weighted by atomic mass is 9.85. The number of hydrogen-bond donors (Lipinski definition) is 0. The Morgan fingerprint density at radius 2 is 1.69 bits per heavy atom. The minimum absolute atomic E-state index is 0.377. The molecule has 140 valence electrons. The van der Waals surface area contributed by atoms with Crippen LogP contribution in [0.15, 0.2) is 47.9 Å². The van der Waals surface area contributed by atoms with Crippen molar-refractivity contribution in [3.05, 3.63) is 43.0 Å². The molecule has 0 aliphatic carbocycles. The Labute approximate surface area is 155 Å². The molecule has 2 aliphatic heterocycles. The first-order chi connectivity index (χ1) is 12.4. The Balaban J connectivity index is 1.52. The molecule has 2 aliphatic rings. The second-order valence-electron chi connectivity index (χ2n) is 7.80. The van der Waals surface area contributed by atoms with Crippen molar-refractivity contribution in [2.45, 2.75) is 31.2 Å². The van der Waals surface area contributed by atoms with Crippen molar-refractivity contribution in [1.82, 2.24) is 18.8 Å². The Hall–Kier alpha value is -1.70. The fraction of sp³-hybridized carbons (Fsp3) is 0.526. The summed E-state index contributed by atoms with van der Waals surface area (Å²) in [5.74, 6) is 0.870. The Kier molecular flexibility index (Phi) is 4.62. The first-order valence-electron chi connectivity index (χ1n) is 9.26. The van der Waals surface area contributed by atoms with Crippen LogP contribution in [0.25, 0.3) is 5.69 Å². The van der Waals surface area contributed by atoms with Gasteiger partial charge in [0.25, 0.3) is 0 Å². The predicted octanol–water partition coefficient (Wildman–Crippen LogP) is 2.22. The van der Waals surface area contributed by atoms with E-state index in [1.165, 1.54) is 0 Å². The summed E-state index contributed by atoms with van der Waals surface area (Å²) in [6.45, 7) is 7.70. The van der Waals surface area contributed by atoms with Crippen molar-refractivity contribution in [2.24, 2.45) is 11.8 Å². The first kappa shape index (κ1) is 17.7. The highest BCUT2D eigenvalue weighted by molar-refractivity contribution is 7.89. The zero-order valence-electron chi connectivity index (χ0n) is 15.3. The molecule has 0 saturated carbocycles. The van der Waals surface area contributed by atoms with Gasteiger partial charge in [0.15, 0.2) is 0 Å². The van der Waals surface area contributed by atoms with E-state index in [1.807, 2.05) is 22.9 Å². The van der Waals surface area contributed by atoms with Gasteiger partial charge in [0.1, 0.15) is 0 Å². The van der Waals surface area contributed by atoms with Crippen LogP contribution < -0.4 is 0 Å². The number of hydrogen-bond acceptors (Lipinski definition) is 4. The van der Waals surface area contributed by atoms with Crippen molar-refractivity contribution in [3.8, 4) is 5.69 Å². The average Bonchev–Trinajstić information content (AvgIpc) is 3.15. The lowest BCUT2D eigenvalue weighted by molar-refractivity contribution is 0.0465. The number of fused-ring (bicyclic) bond motifs is 2. The van der Waals surface area contributed by atoms with Gasteiger partial charge < -0.3 is 9.47 Å². The van der Waals surface area contributed by atoms with E-state index in [9.17, 15) is 8.42 Å². The molecule has 0 amide bonds. The number of rotatable bonds is 4. The molecule has 4 rings (SSSR count). The van der Waals surface area contributed by atoms with E-state index in [0.717, 1.165) is 25.2 Å². The number of imidazole rings is 1. The van der Waals surface area contributed by atoms with Gasteiger partial charge in [0.05, 0.1) is 11.2 Å². The van der Waals surface area contributed by atoms with Crippen LogP contribution >= 0.6 is 0 Å². The van der Waals surface area contributed by atoms with Crippen molar-refractivity contribution in [3.63, 3.8) is 0 Å². The van der Waals surface area contributed by atoms with Crippen LogP contribution in [0.5, 0.6) is 0 Å². The minimum Gasteiger partial charge on any atom is -0.306 e. The van der Waals surface area contributed by atoms with E-state index in [2.05, 4.69) is 23.7 Å². The van der Waals surface area contributed by atoms with Crippen molar-refractivity contribution in [2.75, 3.05) is 26.2 Å². The van der Waals surface area contributed by atoms with E-state index < -0.39 is 10.0 Å². The molecule has 0 N–H and O–H groups in total. The third kappa shape index (κ3) is 3.31. The van der Waals surface area contributed by atoms with Crippen LogP contribution in [0.1, 0.15) is 20.3 Å². The molecular formula is C19H26N4O2S. The molecule has 2 saturated heterocycles. The smallest absolute Gasteiger partial charge is 0.243 e. The van der Waals surface area contributed by atoms with E-state index in [-0.39, 0.29) is 0 Å². The number of piperidine rings is 2. The lowest BCUT2D eigenvalue weighted by Crippen LogP contribution is -2.55. The van der Waals surface area contributed by atoms with Gasteiger partial charge in [-0.05, 0) is 56.4 Å². The number of sulfonamides is 1. The van der Waals surface area contributed by atoms with Crippen molar-refractivity contribution in [1.29, 1.82) is 0 Å². The summed E-state index contributed by atoms with van der Waals surface area (Å²) < 4.78 is 29.8. The van der Waals surface area contributed by atoms with Gasteiger partial charge in [0.2, 0.25) is 10.0 Å². The normalized spacial score (nSPS) is 24.9. The SMILES string of the molecule is CC(C)N1CC2CC(C1)CN(S(=O)(=O)c1ccc(-n3ccnc3)cc1)C2. The monoisotopic (exact) mass is 374 g/mol. The molecule has 7 heteroatoms. The van der Waals surface area contributed by atoms with E-state index in [4.69, 9.17) is 0 Å². The molecule has 2 bridgehead atoms. The molecular weight excluding hydrogens is 348 g/mol. The number of nitrogens with zero attached hydrogens (tertiary/aromatic N) is 4. The average molecular weight is 375 g/mol. The predicted molar refractivity (Wildman–Crippen MR) is 101 cm³/mol. The van der Waals surface area contributed by atoms with Gasteiger partial charge in [-0.2, -0.15) is 4.31 Å². The summed E-state index contributed by atoms with van der Waals surface area (Å²) in [4.78, 5) is 6.89. The van der Waals surface area contributed by atoms with Crippen LogP contribution in [-0.2, 0) is 10.0 Å². The topological polar surface area (TPSA) is 58.4 Å². The maximum absolute atomic E-state index is 13.1. The van der Waals surface area contributed by atoms with Crippen LogP contribution in [0.4, 0.5) is 0 Å². The van der Waals surface area contributed by atoms with Crippen LogP contribution in [0, 0.1) is 11.8 Å². The molecule has 3 heterocycles. The Morgan fingerprint density at radius 3 is 2.23 bits per heavy atom. The molecule has 2 aromatic rings. The van der Waals surface area contributed by atoms with E-state index >= 15 is 0 Å². The maximum atomic E-state index is 13.1. The van der Waals surface area contributed by atoms with Gasteiger partial charge in [-0.15, -0.1) is 0 Å². The number of likely N-dealkylation sites (tertiary alicyclic amines) is 1. The largest absolute Gasteiger partial charge is 0.306 e. The molecule has 2 fully saturated rings. The maximum Gasteiger partial charge on any atom is 0.243 e. The van der Waals surface area contributed by atoms with Gasteiger partial charge in [-0.25, -0.2) is 13.4 Å². The lowest BCUT2D eigenvalue weighted by Gasteiger charge is -2.46. The highest BCUT2D eigenvalue weighted by atomic mass is 32.2. The molecule has 1 aromatic heterocycles. The molecule has 2 atom stereocenters. The fourth-order valence-electron chi connectivity index (χ4n) is 4.24. The number of benzene rings is 1. The third-order valence-electron chi connectivity index (χ3n) is 5.58. The summed E-state index contributed by atoms with van der Waals surface area (Å²) in [5, 5.41) is 0. The number of aromatic nitrogens is 2. The Morgan fingerprint density at radius 1 is 1.04 bits per heavy atom. The molecule has 1 aromatic carbocycles. The zero-order valence-corrected chi connectivity index (χ0v) is 16.1. The molecule has 2 unspecified atom stereocenters. The van der Waals surface area contributed by atoms with Crippen LogP contribution in [0.2, 0.25) is 0 Å². The van der Waals surface area contributed by atoms with Crippen LogP contribution in [-0.4, -0.2) is 59.4 Å². The second-order valence-corrected chi connectivity index (χ2v) is 9.74. The summed E-state index contributed by atoms with van der Waals surface area (Å²) >= 11 is 0. The first-order valence-corrected chi connectivity index (χ1v) is 10.7. The van der Waals surface area contributed by atoms with Crippen molar-refractivity contribution >= 4 is 10.0 Å². The zero-order chi connectivity index (χ0) is 18.3. The van der Waals surface area contributed by atoms with Gasteiger partial charge in [0, 0.05) is 50.3 Å².